The molecule has 0 radical (unpaired) electrons. The summed E-state index contributed by atoms with van der Waals surface area (Å²) >= 11 is 0. The van der Waals surface area contributed by atoms with Gasteiger partial charge in [-0.25, -0.2) is 9.59 Å². The number of aromatic hydroxyl groups is 1. The molecule has 4 N–H and O–H groups in total. The van der Waals surface area contributed by atoms with E-state index in [0.717, 1.165) is 79.4 Å². The summed E-state index contributed by atoms with van der Waals surface area (Å²) in [5.41, 5.74) is 4.67. The molecule has 0 saturated carbocycles. The van der Waals surface area contributed by atoms with Crippen LogP contribution in [0.5, 0.6) is 11.5 Å². The Bertz CT molecular complexity index is 1620. The summed E-state index contributed by atoms with van der Waals surface area (Å²) in [4.78, 5) is 36.2. The number of hydrogen-bond donors (Lipinski definition) is 4. The third kappa shape index (κ3) is 10.2. The van der Waals surface area contributed by atoms with Crippen LogP contribution in [-0.4, -0.2) is 70.7 Å². The van der Waals surface area contributed by atoms with E-state index in [2.05, 4.69) is 42.6 Å². The van der Waals surface area contributed by atoms with Gasteiger partial charge < -0.3 is 34.8 Å². The van der Waals surface area contributed by atoms with E-state index in [1.54, 1.807) is 0 Å². The Hall–Kier alpha value is -4.15. The number of benzene rings is 3. The first kappa shape index (κ1) is 37.7. The number of amides is 1. The number of rotatable bonds is 19. The van der Waals surface area contributed by atoms with Crippen molar-refractivity contribution in [2.45, 2.75) is 110 Å². The number of unbranched alkanes of at least 4 members (excludes halogenated alkanes) is 4. The van der Waals surface area contributed by atoms with Crippen molar-refractivity contribution in [2.24, 2.45) is 0 Å². The van der Waals surface area contributed by atoms with Crippen LogP contribution in [0.15, 0.2) is 42.5 Å². The highest BCUT2D eigenvalue weighted by atomic mass is 16.6. The van der Waals surface area contributed by atoms with Crippen molar-refractivity contribution >= 4 is 28.6 Å². The van der Waals surface area contributed by atoms with Gasteiger partial charge in [0.25, 0.3) is 5.91 Å². The standard InChI is InChI=1S/C39H51NO9/c1-25-26(2)34-31(27(3)33(25)43)18-20-39(4,49-34)19-10-6-11-21-40-37(44)35(36(38(45)46)48-24-32(41)42)47-22-12-5-7-13-28-16-17-29-14-8-9-15-30(29)23-28/h8-9,14-17,23,35-36,43H,5-7,10-13,18-22,24H2,1-4H3,(H,40,44)(H,41,42)(H,45,46). The third-order valence-corrected chi connectivity index (χ3v) is 9.66. The number of nitrogens with one attached hydrogen (secondary N) is 1. The molecule has 3 atom stereocenters. The fourth-order valence-electron chi connectivity index (χ4n) is 6.55. The molecule has 0 aliphatic carbocycles. The number of phenols is 1. The fraction of sp³-hybridized carbons (Fsp3) is 0.513. The lowest BCUT2D eigenvalue weighted by Gasteiger charge is -2.38. The monoisotopic (exact) mass is 677 g/mol. The first-order valence-electron chi connectivity index (χ1n) is 17.3. The summed E-state index contributed by atoms with van der Waals surface area (Å²) in [6, 6.07) is 14.6. The van der Waals surface area contributed by atoms with Gasteiger partial charge in [0.15, 0.2) is 12.2 Å². The van der Waals surface area contributed by atoms with Gasteiger partial charge in [-0.1, -0.05) is 55.3 Å². The van der Waals surface area contributed by atoms with E-state index in [1.807, 2.05) is 32.9 Å². The van der Waals surface area contributed by atoms with E-state index >= 15 is 0 Å². The van der Waals surface area contributed by atoms with Gasteiger partial charge in [-0.2, -0.15) is 0 Å². The molecule has 0 fully saturated rings. The molecule has 10 nitrogen and oxygen atoms in total. The molecule has 4 rings (SSSR count). The summed E-state index contributed by atoms with van der Waals surface area (Å²) in [6.07, 6.45) is 4.82. The first-order chi connectivity index (χ1) is 23.4. The maximum Gasteiger partial charge on any atom is 0.336 e. The van der Waals surface area contributed by atoms with Crippen LogP contribution in [0.2, 0.25) is 0 Å². The second kappa shape index (κ2) is 17.5. The molecule has 49 heavy (non-hydrogen) atoms. The molecule has 1 aliphatic rings. The number of carbonyl (C=O) groups is 3. The molecule has 3 unspecified atom stereocenters. The van der Waals surface area contributed by atoms with Crippen LogP contribution in [-0.2, 0) is 36.7 Å². The van der Waals surface area contributed by atoms with Crippen LogP contribution >= 0.6 is 0 Å². The highest BCUT2D eigenvalue weighted by molar-refractivity contribution is 5.88. The molecule has 0 bridgehead atoms. The van der Waals surface area contributed by atoms with Gasteiger partial charge in [0.05, 0.1) is 0 Å². The molecule has 0 saturated heterocycles. The molecular weight excluding hydrogens is 626 g/mol. The van der Waals surface area contributed by atoms with Crippen molar-refractivity contribution in [3.05, 3.63) is 70.3 Å². The topological polar surface area (TPSA) is 152 Å². The Morgan fingerprint density at radius 3 is 2.35 bits per heavy atom. The SMILES string of the molecule is Cc1c(C)c2c(c(C)c1O)CCC(C)(CCCCCNC(=O)C(OCCCCCc1ccc3ccccc3c1)C(OCC(=O)O)C(=O)O)O2. The van der Waals surface area contributed by atoms with Crippen molar-refractivity contribution in [1.82, 2.24) is 5.32 Å². The minimum atomic E-state index is -1.75. The summed E-state index contributed by atoms with van der Waals surface area (Å²) < 4.78 is 17.4. The number of ether oxygens (including phenoxy) is 3. The van der Waals surface area contributed by atoms with Crippen molar-refractivity contribution in [2.75, 3.05) is 19.8 Å². The number of aryl methyl sites for hydroxylation is 1. The van der Waals surface area contributed by atoms with Gasteiger partial charge in [-0.15, -0.1) is 0 Å². The number of carboxylic acid groups (broad SMARTS) is 2. The van der Waals surface area contributed by atoms with E-state index in [9.17, 15) is 24.6 Å². The lowest BCUT2D eigenvalue weighted by atomic mass is 9.84. The Labute approximate surface area is 288 Å². The van der Waals surface area contributed by atoms with Gasteiger partial charge in [0.2, 0.25) is 0 Å². The Kier molecular flexibility index (Phi) is 13.4. The highest BCUT2D eigenvalue weighted by Gasteiger charge is 2.37. The molecular formula is C39H51NO9. The van der Waals surface area contributed by atoms with Gasteiger partial charge in [0.1, 0.15) is 23.7 Å². The van der Waals surface area contributed by atoms with Crippen molar-refractivity contribution < 1.29 is 43.9 Å². The average molecular weight is 678 g/mol. The highest BCUT2D eigenvalue weighted by Crippen LogP contribution is 2.44. The zero-order chi connectivity index (χ0) is 35.6. The normalized spacial score (nSPS) is 16.8. The molecule has 1 aliphatic heterocycles. The van der Waals surface area contributed by atoms with Gasteiger partial charge in [0, 0.05) is 18.7 Å². The van der Waals surface area contributed by atoms with Gasteiger partial charge in [-0.05, 0) is 112 Å². The number of phenolic OH excluding ortho intramolecular Hbond substituents is 1. The van der Waals surface area contributed by atoms with Crippen LogP contribution < -0.4 is 10.1 Å². The Morgan fingerprint density at radius 1 is 0.878 bits per heavy atom. The Balaban J connectivity index is 1.22. The van der Waals surface area contributed by atoms with Gasteiger partial charge in [-0.3, -0.25) is 4.79 Å². The smallest absolute Gasteiger partial charge is 0.336 e. The molecule has 10 heteroatoms. The zero-order valence-electron chi connectivity index (χ0n) is 29.2. The van der Waals surface area contributed by atoms with E-state index in [4.69, 9.17) is 19.3 Å². The van der Waals surface area contributed by atoms with E-state index < -0.39 is 36.7 Å². The summed E-state index contributed by atoms with van der Waals surface area (Å²) in [7, 11) is 0. The molecule has 1 amide bonds. The van der Waals surface area contributed by atoms with E-state index in [-0.39, 0.29) is 12.2 Å². The van der Waals surface area contributed by atoms with Gasteiger partial charge >= 0.3 is 11.9 Å². The van der Waals surface area contributed by atoms with Crippen LogP contribution in [0.4, 0.5) is 0 Å². The van der Waals surface area contributed by atoms with E-state index in [0.29, 0.717) is 25.1 Å². The molecule has 0 spiro atoms. The number of carbonyl (C=O) groups excluding carboxylic acids is 1. The fourth-order valence-corrected chi connectivity index (χ4v) is 6.55. The van der Waals surface area contributed by atoms with Crippen molar-refractivity contribution in [1.29, 1.82) is 0 Å². The minimum Gasteiger partial charge on any atom is -0.507 e. The molecule has 266 valence electrons. The molecule has 0 aromatic heterocycles. The lowest BCUT2D eigenvalue weighted by Crippen LogP contribution is -2.49. The predicted octanol–water partition coefficient (Wildman–Crippen LogP) is 6.58. The number of hydrogen-bond acceptors (Lipinski definition) is 7. The number of fused-ring (bicyclic) bond motifs is 2. The largest absolute Gasteiger partial charge is 0.507 e. The van der Waals surface area contributed by atoms with Crippen LogP contribution in [0, 0.1) is 20.8 Å². The van der Waals surface area contributed by atoms with Crippen LogP contribution in [0.25, 0.3) is 10.8 Å². The summed E-state index contributed by atoms with van der Waals surface area (Å²) in [6.45, 7) is 7.52. The molecule has 3 aromatic carbocycles. The first-order valence-corrected chi connectivity index (χ1v) is 17.3. The zero-order valence-corrected chi connectivity index (χ0v) is 29.2. The Morgan fingerprint density at radius 2 is 1.61 bits per heavy atom. The second-order valence-electron chi connectivity index (χ2n) is 13.4. The average Bonchev–Trinajstić information content (AvgIpc) is 3.08. The lowest BCUT2D eigenvalue weighted by molar-refractivity contribution is -0.172. The van der Waals surface area contributed by atoms with E-state index in [1.165, 1.54) is 16.3 Å². The maximum atomic E-state index is 13.1. The van der Waals surface area contributed by atoms with Crippen LogP contribution in [0.3, 0.4) is 0 Å². The third-order valence-electron chi connectivity index (χ3n) is 9.66. The second-order valence-corrected chi connectivity index (χ2v) is 13.4. The van der Waals surface area contributed by atoms with Crippen molar-refractivity contribution in [3.63, 3.8) is 0 Å². The van der Waals surface area contributed by atoms with Crippen molar-refractivity contribution in [3.8, 4) is 11.5 Å². The molecule has 1 heterocycles. The summed E-state index contributed by atoms with van der Waals surface area (Å²) in [5.74, 6) is -2.22. The minimum absolute atomic E-state index is 0.135. The summed E-state index contributed by atoms with van der Waals surface area (Å²) in [5, 5.41) is 34.4. The predicted molar refractivity (Wildman–Crippen MR) is 187 cm³/mol. The maximum absolute atomic E-state index is 13.1. The molecule has 3 aromatic rings. The quantitative estimate of drug-likeness (QED) is 0.103. The number of carboxylic acids is 2. The van der Waals surface area contributed by atoms with Crippen LogP contribution in [0.1, 0.15) is 86.1 Å². The number of aliphatic carboxylic acids is 2.